The summed E-state index contributed by atoms with van der Waals surface area (Å²) in [4.78, 5) is 0.0921. The minimum Gasteiger partial charge on any atom is -0.486 e. The van der Waals surface area contributed by atoms with Crippen LogP contribution in [0.2, 0.25) is 0 Å². The van der Waals surface area contributed by atoms with Crippen LogP contribution in [-0.4, -0.2) is 21.6 Å². The van der Waals surface area contributed by atoms with Gasteiger partial charge in [-0.1, -0.05) is 12.1 Å². The highest BCUT2D eigenvalue weighted by atomic mass is 32.2. The van der Waals surface area contributed by atoms with Crippen LogP contribution in [0.5, 0.6) is 11.5 Å². The number of nitrogens with zero attached hydrogens (tertiary/aromatic N) is 1. The zero-order valence-electron chi connectivity index (χ0n) is 12.4. The molecule has 1 aliphatic rings. The second-order valence-corrected chi connectivity index (χ2v) is 6.68. The summed E-state index contributed by atoms with van der Waals surface area (Å²) in [6, 6.07) is 11.5. The SMILES string of the molecule is Cc1cc2c(cc1S(=O)(=O)Nc1ccccc1C#N)OCCO2. The van der Waals surface area contributed by atoms with Gasteiger partial charge in [0.05, 0.1) is 16.1 Å². The molecule has 0 radical (unpaired) electrons. The number of fused-ring (bicyclic) bond motifs is 1. The zero-order valence-corrected chi connectivity index (χ0v) is 13.2. The summed E-state index contributed by atoms with van der Waals surface area (Å²) in [5, 5.41) is 9.08. The summed E-state index contributed by atoms with van der Waals surface area (Å²) in [6.07, 6.45) is 0. The molecular weight excluding hydrogens is 316 g/mol. The number of benzene rings is 2. The third kappa shape index (κ3) is 2.94. The highest BCUT2D eigenvalue weighted by molar-refractivity contribution is 7.92. The van der Waals surface area contributed by atoms with Crippen molar-refractivity contribution in [3.05, 3.63) is 47.5 Å². The van der Waals surface area contributed by atoms with Crippen LogP contribution in [0.1, 0.15) is 11.1 Å². The molecule has 0 saturated carbocycles. The minimum atomic E-state index is -3.85. The summed E-state index contributed by atoms with van der Waals surface area (Å²) >= 11 is 0. The van der Waals surface area contributed by atoms with Gasteiger partial charge in [0.15, 0.2) is 11.5 Å². The third-order valence-electron chi connectivity index (χ3n) is 3.42. The second kappa shape index (κ2) is 5.82. The lowest BCUT2D eigenvalue weighted by Crippen LogP contribution is -2.18. The highest BCUT2D eigenvalue weighted by Crippen LogP contribution is 2.35. The second-order valence-electron chi connectivity index (χ2n) is 5.02. The Bertz CT molecular complexity index is 901. The van der Waals surface area contributed by atoms with E-state index in [1.54, 1.807) is 37.3 Å². The van der Waals surface area contributed by atoms with Gasteiger partial charge in [-0.2, -0.15) is 5.26 Å². The van der Waals surface area contributed by atoms with Crippen molar-refractivity contribution in [2.45, 2.75) is 11.8 Å². The fraction of sp³-hybridized carbons (Fsp3) is 0.188. The number of nitriles is 1. The molecule has 2 aromatic rings. The van der Waals surface area contributed by atoms with Gasteiger partial charge in [0.25, 0.3) is 10.0 Å². The lowest BCUT2D eigenvalue weighted by molar-refractivity contribution is 0.171. The predicted octanol–water partition coefficient (Wildman–Crippen LogP) is 2.44. The molecule has 1 aliphatic heterocycles. The highest BCUT2D eigenvalue weighted by Gasteiger charge is 2.23. The molecule has 0 spiro atoms. The van der Waals surface area contributed by atoms with Gasteiger partial charge in [-0.25, -0.2) is 8.42 Å². The molecule has 0 aliphatic carbocycles. The van der Waals surface area contributed by atoms with Crippen molar-refractivity contribution in [1.82, 2.24) is 0 Å². The summed E-state index contributed by atoms with van der Waals surface area (Å²) in [5.41, 5.74) is 1.03. The third-order valence-corrected chi connectivity index (χ3v) is 4.93. The lowest BCUT2D eigenvalue weighted by atomic mass is 10.2. The summed E-state index contributed by atoms with van der Waals surface area (Å²) in [7, 11) is -3.85. The van der Waals surface area contributed by atoms with Crippen molar-refractivity contribution in [2.24, 2.45) is 0 Å². The Labute approximate surface area is 134 Å². The number of sulfonamides is 1. The van der Waals surface area contributed by atoms with Gasteiger partial charge < -0.3 is 9.47 Å². The molecule has 6 nitrogen and oxygen atoms in total. The summed E-state index contributed by atoms with van der Waals surface area (Å²) in [6.45, 7) is 2.50. The van der Waals surface area contributed by atoms with E-state index in [2.05, 4.69) is 4.72 Å². The fourth-order valence-electron chi connectivity index (χ4n) is 2.33. The van der Waals surface area contributed by atoms with Crippen molar-refractivity contribution in [3.8, 4) is 17.6 Å². The number of anilines is 1. The Balaban J connectivity index is 2.02. The number of para-hydroxylation sites is 1. The Morgan fingerprint density at radius 3 is 2.48 bits per heavy atom. The standard InChI is InChI=1S/C16H14N2O4S/c1-11-8-14-15(22-7-6-21-14)9-16(11)23(19,20)18-13-5-3-2-4-12(13)10-17/h2-5,8-9,18H,6-7H2,1H3. The normalized spacial score (nSPS) is 13.2. The molecule has 23 heavy (non-hydrogen) atoms. The smallest absolute Gasteiger partial charge is 0.262 e. The average Bonchev–Trinajstić information content (AvgIpc) is 2.54. The van der Waals surface area contributed by atoms with Crippen LogP contribution in [0.15, 0.2) is 41.3 Å². The molecule has 1 N–H and O–H groups in total. The fourth-order valence-corrected chi connectivity index (χ4v) is 3.65. The molecule has 0 fully saturated rings. The number of aryl methyl sites for hydroxylation is 1. The van der Waals surface area contributed by atoms with Crippen molar-refractivity contribution >= 4 is 15.7 Å². The van der Waals surface area contributed by atoms with E-state index >= 15 is 0 Å². The van der Waals surface area contributed by atoms with Crippen LogP contribution in [0, 0.1) is 18.3 Å². The van der Waals surface area contributed by atoms with Crippen LogP contribution in [0.25, 0.3) is 0 Å². The number of hydrogen-bond acceptors (Lipinski definition) is 5. The molecule has 0 unspecified atom stereocenters. The van der Waals surface area contributed by atoms with Gasteiger partial charge in [-0.05, 0) is 30.7 Å². The van der Waals surface area contributed by atoms with Gasteiger partial charge in [-0.3, -0.25) is 4.72 Å². The van der Waals surface area contributed by atoms with E-state index in [-0.39, 0.29) is 16.1 Å². The van der Waals surface area contributed by atoms with E-state index in [0.29, 0.717) is 30.3 Å². The maximum absolute atomic E-state index is 12.7. The quantitative estimate of drug-likeness (QED) is 0.934. The van der Waals surface area contributed by atoms with Crippen LogP contribution >= 0.6 is 0 Å². The Kier molecular flexibility index (Phi) is 3.84. The molecular formula is C16H14N2O4S. The maximum Gasteiger partial charge on any atom is 0.262 e. The maximum atomic E-state index is 12.7. The molecule has 118 valence electrons. The van der Waals surface area contributed by atoms with Crippen LogP contribution < -0.4 is 14.2 Å². The first-order valence-corrected chi connectivity index (χ1v) is 8.42. The first-order valence-electron chi connectivity index (χ1n) is 6.93. The number of rotatable bonds is 3. The van der Waals surface area contributed by atoms with Gasteiger partial charge in [0.1, 0.15) is 19.3 Å². The summed E-state index contributed by atoms with van der Waals surface area (Å²) in [5.74, 6) is 0.931. The van der Waals surface area contributed by atoms with Crippen molar-refractivity contribution < 1.29 is 17.9 Å². The predicted molar refractivity (Wildman–Crippen MR) is 84.1 cm³/mol. The zero-order chi connectivity index (χ0) is 16.4. The van der Waals surface area contributed by atoms with Crippen LogP contribution in [-0.2, 0) is 10.0 Å². The van der Waals surface area contributed by atoms with Gasteiger partial charge in [-0.15, -0.1) is 0 Å². The van der Waals surface area contributed by atoms with E-state index in [4.69, 9.17) is 14.7 Å². The molecule has 2 aromatic carbocycles. The van der Waals surface area contributed by atoms with Crippen LogP contribution in [0.4, 0.5) is 5.69 Å². The van der Waals surface area contributed by atoms with E-state index in [1.807, 2.05) is 6.07 Å². The monoisotopic (exact) mass is 330 g/mol. The van der Waals surface area contributed by atoms with E-state index < -0.39 is 10.0 Å². The Morgan fingerprint density at radius 1 is 1.13 bits per heavy atom. The van der Waals surface area contributed by atoms with E-state index in [0.717, 1.165) is 0 Å². The molecule has 0 saturated heterocycles. The molecule has 0 aromatic heterocycles. The molecule has 0 bridgehead atoms. The minimum absolute atomic E-state index is 0.0921. The molecule has 0 atom stereocenters. The summed E-state index contributed by atoms with van der Waals surface area (Å²) < 4.78 is 38.7. The first kappa shape index (κ1) is 15.2. The average molecular weight is 330 g/mol. The topological polar surface area (TPSA) is 88.4 Å². The first-order chi connectivity index (χ1) is 11.0. The molecule has 7 heteroatoms. The van der Waals surface area contributed by atoms with Gasteiger partial charge >= 0.3 is 0 Å². The molecule has 3 rings (SSSR count). The van der Waals surface area contributed by atoms with Crippen molar-refractivity contribution in [1.29, 1.82) is 5.26 Å². The van der Waals surface area contributed by atoms with Crippen molar-refractivity contribution in [3.63, 3.8) is 0 Å². The van der Waals surface area contributed by atoms with Crippen LogP contribution in [0.3, 0.4) is 0 Å². The number of nitrogens with one attached hydrogen (secondary N) is 1. The molecule has 1 heterocycles. The van der Waals surface area contributed by atoms with E-state index in [9.17, 15) is 8.42 Å². The lowest BCUT2D eigenvalue weighted by Gasteiger charge is -2.20. The van der Waals surface area contributed by atoms with Gasteiger partial charge in [0, 0.05) is 6.07 Å². The van der Waals surface area contributed by atoms with Gasteiger partial charge in [0.2, 0.25) is 0 Å². The molecule has 0 amide bonds. The van der Waals surface area contributed by atoms with E-state index in [1.165, 1.54) is 6.07 Å². The Hall–Kier alpha value is -2.72. The van der Waals surface area contributed by atoms with Crippen molar-refractivity contribution in [2.75, 3.05) is 17.9 Å². The number of hydrogen-bond donors (Lipinski definition) is 1. The Morgan fingerprint density at radius 2 is 1.78 bits per heavy atom. The number of ether oxygens (including phenoxy) is 2. The largest absolute Gasteiger partial charge is 0.486 e.